The summed E-state index contributed by atoms with van der Waals surface area (Å²) in [6.07, 6.45) is -0.0663. The Morgan fingerprint density at radius 3 is 2.34 bits per heavy atom. The van der Waals surface area contributed by atoms with Crippen molar-refractivity contribution in [2.45, 2.75) is 13.0 Å². The van der Waals surface area contributed by atoms with E-state index in [9.17, 15) is 18.7 Å². The third-order valence-corrected chi connectivity index (χ3v) is 5.07. The monoisotopic (exact) mass is 486 g/mol. The molecule has 32 heavy (non-hydrogen) atoms. The molecule has 168 valence electrons. The van der Waals surface area contributed by atoms with Crippen molar-refractivity contribution in [1.82, 2.24) is 0 Å². The summed E-state index contributed by atoms with van der Waals surface area (Å²) in [6.45, 7) is -3.64. The van der Waals surface area contributed by atoms with Crippen LogP contribution in [0.1, 0.15) is 11.1 Å². The van der Waals surface area contributed by atoms with Gasteiger partial charge in [0.2, 0.25) is 0 Å². The summed E-state index contributed by atoms with van der Waals surface area (Å²) in [5.41, 5.74) is 0.410. The van der Waals surface area contributed by atoms with E-state index in [4.69, 9.17) is 33.0 Å². The zero-order valence-corrected chi connectivity index (χ0v) is 17.6. The number of carboxylic acids is 1. The van der Waals surface area contributed by atoms with Gasteiger partial charge in [-0.25, -0.2) is 9.18 Å². The third-order valence-electron chi connectivity index (χ3n) is 4.39. The molecule has 0 aromatic heterocycles. The lowest BCUT2D eigenvalue weighted by atomic mass is 9.97. The lowest BCUT2D eigenvalue weighted by molar-refractivity contribution is -0.139. The van der Waals surface area contributed by atoms with Gasteiger partial charge in [-0.2, -0.15) is 8.78 Å². The predicted octanol–water partition coefficient (Wildman–Crippen LogP) is 6.16. The number of hydrogen-bond acceptors (Lipinski definition) is 4. The Morgan fingerprint density at radius 2 is 1.72 bits per heavy atom. The smallest absolute Gasteiger partial charge is 0.387 e. The van der Waals surface area contributed by atoms with Crippen LogP contribution >= 0.6 is 23.2 Å². The molecule has 0 fully saturated rings. The first kappa shape index (κ1) is 23.6. The lowest BCUT2D eigenvalue weighted by Crippen LogP contribution is -2.09. The molecule has 2 N–H and O–H groups in total. The number of alkyl halides is 2. The second-order valence-electron chi connectivity index (χ2n) is 6.56. The number of benzene rings is 3. The normalized spacial score (nSPS) is 10.9. The molecule has 0 bridgehead atoms. The Hall–Kier alpha value is -3.10. The number of hydrogen-bond donors (Lipinski definition) is 2. The third kappa shape index (κ3) is 5.57. The zero-order chi connectivity index (χ0) is 23.4. The molecule has 3 aromatic carbocycles. The van der Waals surface area contributed by atoms with Gasteiger partial charge in [-0.05, 0) is 47.0 Å². The molecular formula is C22H15Cl2F3O5. The standard InChI is InChI=1S/C22H15Cl2F3O5/c23-16-8-14(31-10-19(29)30)9-17(24)15(16)7-12-4-5-18(28)20(21(12)25)11-2-1-3-13(6-11)32-22(26)27/h1-6,8-9,22,28H,7,10H2,(H,29,30). The average Bonchev–Trinajstić information content (AvgIpc) is 2.70. The van der Waals surface area contributed by atoms with E-state index in [0.29, 0.717) is 5.56 Å². The number of rotatable bonds is 8. The summed E-state index contributed by atoms with van der Waals surface area (Å²) in [4.78, 5) is 10.6. The topological polar surface area (TPSA) is 76.0 Å². The molecule has 0 saturated carbocycles. The number of ether oxygens (including phenoxy) is 2. The molecular weight excluding hydrogens is 472 g/mol. The van der Waals surface area contributed by atoms with Crippen LogP contribution in [0.15, 0.2) is 48.5 Å². The van der Waals surface area contributed by atoms with E-state index in [-0.39, 0.29) is 44.7 Å². The SMILES string of the molecule is O=C(O)COc1cc(Cl)c(Cc2ccc(O)c(-c3cccc(OC(F)F)c3)c2F)c(Cl)c1. The molecule has 0 unspecified atom stereocenters. The summed E-state index contributed by atoms with van der Waals surface area (Å²) in [6, 6.07) is 10.6. The minimum Gasteiger partial charge on any atom is -0.507 e. The number of carboxylic acid groups (broad SMARTS) is 1. The van der Waals surface area contributed by atoms with Crippen LogP contribution in [0.2, 0.25) is 10.0 Å². The summed E-state index contributed by atoms with van der Waals surface area (Å²) in [5, 5.41) is 19.2. The maximum absolute atomic E-state index is 15.3. The molecule has 0 radical (unpaired) electrons. The Labute approximate surface area is 190 Å². The molecule has 5 nitrogen and oxygen atoms in total. The molecule has 0 aliphatic rings. The van der Waals surface area contributed by atoms with E-state index in [1.54, 1.807) is 0 Å². The fourth-order valence-electron chi connectivity index (χ4n) is 3.02. The molecule has 0 amide bonds. The average molecular weight is 487 g/mol. The second kappa shape index (κ2) is 10.0. The van der Waals surface area contributed by atoms with Crippen molar-refractivity contribution in [3.05, 3.63) is 75.5 Å². The number of aliphatic carboxylic acids is 1. The van der Waals surface area contributed by atoms with Crippen LogP contribution in [0.25, 0.3) is 11.1 Å². The van der Waals surface area contributed by atoms with E-state index < -0.39 is 30.8 Å². The largest absolute Gasteiger partial charge is 0.507 e. The Morgan fingerprint density at radius 1 is 1.03 bits per heavy atom. The number of carbonyl (C=O) groups is 1. The van der Waals surface area contributed by atoms with Crippen molar-refractivity contribution < 1.29 is 37.7 Å². The van der Waals surface area contributed by atoms with Gasteiger partial charge in [0.1, 0.15) is 23.1 Å². The number of halogens is 5. The van der Waals surface area contributed by atoms with Gasteiger partial charge in [0.05, 0.1) is 5.56 Å². The fourth-order valence-corrected chi connectivity index (χ4v) is 3.62. The number of aromatic hydroxyl groups is 1. The maximum atomic E-state index is 15.3. The van der Waals surface area contributed by atoms with Gasteiger partial charge >= 0.3 is 12.6 Å². The van der Waals surface area contributed by atoms with Gasteiger partial charge in [0.25, 0.3) is 0 Å². The van der Waals surface area contributed by atoms with Crippen molar-refractivity contribution in [1.29, 1.82) is 0 Å². The van der Waals surface area contributed by atoms with E-state index in [0.717, 1.165) is 0 Å². The predicted molar refractivity (Wildman–Crippen MR) is 113 cm³/mol. The molecule has 3 aromatic rings. The van der Waals surface area contributed by atoms with Gasteiger partial charge < -0.3 is 19.7 Å². The molecule has 0 heterocycles. The number of phenols is 1. The van der Waals surface area contributed by atoms with Gasteiger partial charge in [-0.3, -0.25) is 0 Å². The van der Waals surface area contributed by atoms with Crippen molar-refractivity contribution in [2.75, 3.05) is 6.61 Å². The maximum Gasteiger partial charge on any atom is 0.387 e. The van der Waals surface area contributed by atoms with E-state index in [2.05, 4.69) is 4.74 Å². The minimum absolute atomic E-state index is 0.0663. The first-order valence-electron chi connectivity index (χ1n) is 9.03. The first-order valence-corrected chi connectivity index (χ1v) is 9.79. The molecule has 0 aliphatic heterocycles. The molecule has 0 atom stereocenters. The Bertz CT molecular complexity index is 1130. The second-order valence-corrected chi connectivity index (χ2v) is 7.38. The van der Waals surface area contributed by atoms with Crippen LogP contribution in [0.3, 0.4) is 0 Å². The van der Waals surface area contributed by atoms with Gasteiger partial charge in [0, 0.05) is 16.5 Å². The summed E-state index contributed by atoms with van der Waals surface area (Å²) >= 11 is 12.5. The lowest BCUT2D eigenvalue weighted by Gasteiger charge is -2.14. The summed E-state index contributed by atoms with van der Waals surface area (Å²) < 4.78 is 49.7. The highest BCUT2D eigenvalue weighted by Gasteiger charge is 2.19. The molecule has 0 aliphatic carbocycles. The summed E-state index contributed by atoms with van der Waals surface area (Å²) in [7, 11) is 0. The van der Waals surface area contributed by atoms with Crippen molar-refractivity contribution >= 4 is 29.2 Å². The van der Waals surface area contributed by atoms with Crippen molar-refractivity contribution in [2.24, 2.45) is 0 Å². The number of phenolic OH excluding ortho intramolecular Hbond substituents is 1. The van der Waals surface area contributed by atoms with Crippen LogP contribution < -0.4 is 9.47 Å². The highest BCUT2D eigenvalue weighted by molar-refractivity contribution is 6.36. The minimum atomic E-state index is -3.05. The van der Waals surface area contributed by atoms with E-state index >= 15 is 4.39 Å². The van der Waals surface area contributed by atoms with Gasteiger partial charge in [-0.15, -0.1) is 0 Å². The molecule has 0 saturated heterocycles. The molecule has 3 rings (SSSR count). The fraction of sp³-hybridized carbons (Fsp3) is 0.136. The van der Waals surface area contributed by atoms with Crippen LogP contribution in [0.4, 0.5) is 13.2 Å². The van der Waals surface area contributed by atoms with Gasteiger partial charge in [-0.1, -0.05) is 41.4 Å². The summed E-state index contributed by atoms with van der Waals surface area (Å²) in [5.74, 6) is -2.42. The zero-order valence-electron chi connectivity index (χ0n) is 16.1. The van der Waals surface area contributed by atoms with Crippen molar-refractivity contribution in [3.8, 4) is 28.4 Å². The van der Waals surface area contributed by atoms with Crippen molar-refractivity contribution in [3.63, 3.8) is 0 Å². The first-order chi connectivity index (χ1) is 15.2. The quantitative estimate of drug-likeness (QED) is 0.398. The Balaban J connectivity index is 1.95. The van der Waals surface area contributed by atoms with Crippen LogP contribution in [0.5, 0.6) is 17.2 Å². The Kier molecular flexibility index (Phi) is 7.37. The van der Waals surface area contributed by atoms with E-state index in [1.807, 2.05) is 0 Å². The molecule has 10 heteroatoms. The molecule has 0 spiro atoms. The van der Waals surface area contributed by atoms with Gasteiger partial charge in [0.15, 0.2) is 6.61 Å². The highest BCUT2D eigenvalue weighted by atomic mass is 35.5. The van der Waals surface area contributed by atoms with Crippen LogP contribution in [-0.2, 0) is 11.2 Å². The van der Waals surface area contributed by atoms with E-state index in [1.165, 1.54) is 48.5 Å². The van der Waals surface area contributed by atoms with Crippen LogP contribution in [0, 0.1) is 5.82 Å². The highest BCUT2D eigenvalue weighted by Crippen LogP contribution is 2.38. The van der Waals surface area contributed by atoms with Crippen LogP contribution in [-0.4, -0.2) is 29.4 Å².